The first-order valence-electron chi connectivity index (χ1n) is 10.7. The lowest BCUT2D eigenvalue weighted by molar-refractivity contribution is 0.0558. The molecule has 0 aliphatic rings. The van der Waals surface area contributed by atoms with Crippen molar-refractivity contribution < 1.29 is 27.5 Å². The molecule has 0 amide bonds. The van der Waals surface area contributed by atoms with E-state index in [0.717, 1.165) is 23.8 Å². The number of methoxy groups -OCH3 is 2. The van der Waals surface area contributed by atoms with Gasteiger partial charge in [-0.15, -0.1) is 0 Å². The summed E-state index contributed by atoms with van der Waals surface area (Å²) in [6, 6.07) is 10.7. The largest absolute Gasteiger partial charge is 0.465 e. The van der Waals surface area contributed by atoms with Crippen LogP contribution in [0.5, 0.6) is 0 Å². The van der Waals surface area contributed by atoms with Gasteiger partial charge in [0.05, 0.1) is 34.9 Å². The Labute approximate surface area is 220 Å². The fraction of sp³-hybridized carbons (Fsp3) is 0.280. The van der Waals surface area contributed by atoms with Crippen molar-refractivity contribution in [3.8, 4) is 11.3 Å². The molecule has 2 aromatic carbocycles. The summed E-state index contributed by atoms with van der Waals surface area (Å²) in [5.74, 6) is -2.12. The van der Waals surface area contributed by atoms with E-state index in [1.165, 1.54) is 24.3 Å². The summed E-state index contributed by atoms with van der Waals surface area (Å²) >= 11 is 13.0. The van der Waals surface area contributed by atoms with Gasteiger partial charge in [-0.2, -0.15) is 0 Å². The molecule has 0 saturated carbocycles. The Bertz CT molecular complexity index is 1420. The molecule has 3 aromatic rings. The number of aryl methyl sites for hydroxylation is 1. The summed E-state index contributed by atoms with van der Waals surface area (Å²) in [6.45, 7) is 7.12. The lowest BCUT2D eigenvalue weighted by atomic mass is 10.0. The molecule has 1 N–H and O–H groups in total. The van der Waals surface area contributed by atoms with E-state index < -0.39 is 27.5 Å². The minimum atomic E-state index is -4.43. The first-order valence-corrected chi connectivity index (χ1v) is 12.9. The Hall–Kier alpha value is -3.01. The van der Waals surface area contributed by atoms with Crippen LogP contribution < -0.4 is 5.32 Å². The molecule has 0 fully saturated rings. The second kappa shape index (κ2) is 10.2. The first kappa shape index (κ1) is 27.6. The van der Waals surface area contributed by atoms with E-state index in [0.29, 0.717) is 0 Å². The topological polar surface area (TPSA) is 104 Å². The summed E-state index contributed by atoms with van der Waals surface area (Å²) in [6.07, 6.45) is 0. The Morgan fingerprint density at radius 1 is 0.889 bits per heavy atom. The Morgan fingerprint density at radius 3 is 1.86 bits per heavy atom. The van der Waals surface area contributed by atoms with Crippen LogP contribution in [0.3, 0.4) is 0 Å². The maximum Gasteiger partial charge on any atom is 0.342 e. The fourth-order valence-electron chi connectivity index (χ4n) is 3.63. The Kier molecular flexibility index (Phi) is 7.78. The number of halogens is 2. The number of rotatable bonds is 6. The van der Waals surface area contributed by atoms with Crippen LogP contribution >= 0.6 is 23.2 Å². The van der Waals surface area contributed by atoms with Gasteiger partial charge >= 0.3 is 11.9 Å². The molecule has 0 radical (unpaired) electrons. The minimum Gasteiger partial charge on any atom is -0.465 e. The number of aromatic nitrogens is 1. The van der Waals surface area contributed by atoms with Gasteiger partial charge in [0.1, 0.15) is 16.9 Å². The fourth-order valence-corrected chi connectivity index (χ4v) is 5.70. The number of carbonyl (C=O) groups excluding carboxylic acids is 2. The Balaban J connectivity index is 2.67. The molecule has 0 unspecified atom stereocenters. The van der Waals surface area contributed by atoms with Crippen LogP contribution in [0.4, 0.5) is 5.82 Å². The predicted molar refractivity (Wildman–Crippen MR) is 140 cm³/mol. The average Bonchev–Trinajstić information content (AvgIpc) is 3.11. The van der Waals surface area contributed by atoms with E-state index in [4.69, 9.17) is 32.7 Å². The quantitative estimate of drug-likeness (QED) is 0.386. The highest BCUT2D eigenvalue weighted by Gasteiger charge is 2.40. The van der Waals surface area contributed by atoms with Gasteiger partial charge in [-0.05, 0) is 52.0 Å². The second-order valence-corrected chi connectivity index (χ2v) is 11.6. The molecule has 11 heteroatoms. The number of hydrogen-bond acceptors (Lipinski definition) is 7. The third-order valence-corrected chi connectivity index (χ3v) is 7.50. The number of esters is 2. The zero-order valence-corrected chi connectivity index (χ0v) is 22.9. The number of nitrogens with one attached hydrogen (secondary N) is 1. The van der Waals surface area contributed by atoms with Crippen molar-refractivity contribution in [3.05, 3.63) is 69.2 Å². The third-order valence-electron chi connectivity index (χ3n) is 5.16. The zero-order chi connectivity index (χ0) is 27.0. The molecule has 0 aliphatic heterocycles. The van der Waals surface area contributed by atoms with E-state index in [1.54, 1.807) is 39.0 Å². The molecular weight excluding hydrogens is 527 g/mol. The molecule has 8 nitrogen and oxygen atoms in total. The smallest absolute Gasteiger partial charge is 0.342 e. The van der Waals surface area contributed by atoms with Gasteiger partial charge in [-0.1, -0.05) is 47.0 Å². The standard InChI is InChI=1S/C25H26Cl2N2O6S/c1-14-10-12-15(13-11-14)36(32,33)29-21(18-16(26)8-7-9-17(18)27)19(23(30)34-5)20(24(31)35-6)22(29)28-25(2,3)4/h7-13,28H,1-6H3. The van der Waals surface area contributed by atoms with E-state index in [1.807, 2.05) is 6.92 Å². The highest BCUT2D eigenvalue weighted by Crippen LogP contribution is 2.44. The molecule has 0 spiro atoms. The number of carbonyl (C=O) groups is 2. The van der Waals surface area contributed by atoms with Crippen molar-refractivity contribution in [3.63, 3.8) is 0 Å². The molecule has 0 aliphatic carbocycles. The van der Waals surface area contributed by atoms with Crippen molar-refractivity contribution in [1.29, 1.82) is 0 Å². The van der Waals surface area contributed by atoms with Gasteiger partial charge in [0.25, 0.3) is 10.0 Å². The summed E-state index contributed by atoms with van der Waals surface area (Å²) < 4.78 is 39.2. The monoisotopic (exact) mass is 552 g/mol. The highest BCUT2D eigenvalue weighted by atomic mass is 35.5. The molecule has 1 heterocycles. The van der Waals surface area contributed by atoms with Crippen LogP contribution in [-0.2, 0) is 19.5 Å². The molecule has 192 valence electrons. The summed E-state index contributed by atoms with van der Waals surface area (Å²) in [7, 11) is -2.20. The number of benzene rings is 2. The van der Waals surface area contributed by atoms with Gasteiger partial charge in [0, 0.05) is 11.1 Å². The molecule has 1 aromatic heterocycles. The maximum atomic E-state index is 14.2. The molecule has 0 atom stereocenters. The molecule has 3 rings (SSSR count). The van der Waals surface area contributed by atoms with E-state index >= 15 is 0 Å². The van der Waals surface area contributed by atoms with Gasteiger partial charge in [0.2, 0.25) is 0 Å². The van der Waals surface area contributed by atoms with Gasteiger partial charge in [-0.25, -0.2) is 22.0 Å². The first-order chi connectivity index (χ1) is 16.7. The van der Waals surface area contributed by atoms with Crippen molar-refractivity contribution in [2.45, 2.75) is 38.1 Å². The lowest BCUT2D eigenvalue weighted by Crippen LogP contribution is -2.30. The predicted octanol–water partition coefficient (Wildman–Crippen LogP) is 5.79. The van der Waals surface area contributed by atoms with Crippen molar-refractivity contribution in [1.82, 2.24) is 3.97 Å². The van der Waals surface area contributed by atoms with Crippen molar-refractivity contribution >= 4 is 51.0 Å². The van der Waals surface area contributed by atoms with Crippen molar-refractivity contribution in [2.75, 3.05) is 19.5 Å². The molecule has 0 saturated heterocycles. The third kappa shape index (κ3) is 5.09. The van der Waals surface area contributed by atoms with E-state index in [2.05, 4.69) is 5.32 Å². The molecule has 36 heavy (non-hydrogen) atoms. The van der Waals surface area contributed by atoms with Crippen LogP contribution in [0.2, 0.25) is 10.0 Å². The zero-order valence-electron chi connectivity index (χ0n) is 20.6. The number of nitrogens with zero attached hydrogens (tertiary/aromatic N) is 1. The molecular formula is C25H26Cl2N2O6S. The Morgan fingerprint density at radius 2 is 1.39 bits per heavy atom. The van der Waals surface area contributed by atoms with E-state index in [-0.39, 0.29) is 43.1 Å². The van der Waals surface area contributed by atoms with Crippen LogP contribution in [0, 0.1) is 6.92 Å². The summed E-state index contributed by atoms with van der Waals surface area (Å²) in [5.41, 5.74) is -0.803. The van der Waals surface area contributed by atoms with Crippen LogP contribution in [0.1, 0.15) is 47.1 Å². The molecule has 0 bridgehead atoms. The van der Waals surface area contributed by atoms with Gasteiger partial charge < -0.3 is 14.8 Å². The van der Waals surface area contributed by atoms with Crippen LogP contribution in [0.15, 0.2) is 47.4 Å². The number of ether oxygens (including phenoxy) is 2. The van der Waals surface area contributed by atoms with Gasteiger partial charge in [-0.3, -0.25) is 0 Å². The highest BCUT2D eigenvalue weighted by molar-refractivity contribution is 7.90. The van der Waals surface area contributed by atoms with Gasteiger partial charge in [0.15, 0.2) is 0 Å². The SMILES string of the molecule is COC(=O)c1c(C(=O)OC)c(-c2c(Cl)cccc2Cl)n(S(=O)(=O)c2ccc(C)cc2)c1NC(C)(C)C. The lowest BCUT2D eigenvalue weighted by Gasteiger charge is -2.25. The summed E-state index contributed by atoms with van der Waals surface area (Å²) in [4.78, 5) is 26.2. The number of hydrogen-bond donors (Lipinski definition) is 1. The normalized spacial score (nSPS) is 11.8. The van der Waals surface area contributed by atoms with Crippen molar-refractivity contribution in [2.24, 2.45) is 0 Å². The van der Waals surface area contributed by atoms with Crippen LogP contribution in [0.25, 0.3) is 11.3 Å². The summed E-state index contributed by atoms with van der Waals surface area (Å²) in [5, 5.41) is 3.18. The van der Waals surface area contributed by atoms with Crippen LogP contribution in [-0.4, -0.2) is 44.1 Å². The maximum absolute atomic E-state index is 14.2. The average molecular weight is 553 g/mol. The number of anilines is 1. The van der Waals surface area contributed by atoms with E-state index in [9.17, 15) is 18.0 Å². The minimum absolute atomic E-state index is 0.0315. The second-order valence-electron chi connectivity index (χ2n) is 8.98.